The van der Waals surface area contributed by atoms with Gasteiger partial charge in [0.1, 0.15) is 0 Å². The number of hydrogen-bond donors (Lipinski definition) is 1. The van der Waals surface area contributed by atoms with Crippen LogP contribution in [0.1, 0.15) is 37.7 Å². The van der Waals surface area contributed by atoms with Gasteiger partial charge in [-0.2, -0.15) is 0 Å². The van der Waals surface area contributed by atoms with Gasteiger partial charge in [0.15, 0.2) is 11.6 Å². The predicted molar refractivity (Wildman–Crippen MR) is 93.8 cm³/mol. The molecule has 1 aliphatic rings. The Morgan fingerprint density at radius 3 is 2.69 bits per heavy atom. The number of aliphatic carboxylic acids is 1. The Balaban J connectivity index is 1.77. The number of benzene rings is 1. The van der Waals surface area contributed by atoms with E-state index < -0.39 is 17.6 Å². The van der Waals surface area contributed by atoms with Crippen molar-refractivity contribution in [3.8, 4) is 0 Å². The molecule has 0 aliphatic carbocycles. The fourth-order valence-corrected chi connectivity index (χ4v) is 3.41. The van der Waals surface area contributed by atoms with E-state index in [4.69, 9.17) is 5.11 Å². The third kappa shape index (κ3) is 6.05. The summed E-state index contributed by atoms with van der Waals surface area (Å²) in [7, 11) is 1.80. The molecule has 1 aromatic rings. The number of carbonyl (C=O) groups excluding carboxylic acids is 1. The van der Waals surface area contributed by atoms with Crippen LogP contribution in [0.15, 0.2) is 18.2 Å². The number of carboxylic acid groups (broad SMARTS) is 1. The summed E-state index contributed by atoms with van der Waals surface area (Å²) < 4.78 is 26.1. The summed E-state index contributed by atoms with van der Waals surface area (Å²) in [4.78, 5) is 26.9. The standard InChI is InChI=1S/C19H26F2N2O3/c1-22(13-19(25)26)15-5-3-10-23(11-9-15)18(24)6-2-4-14-7-8-16(20)17(21)12-14/h7-8,12,15H,2-6,9-11,13H2,1H3,(H,25,26). The Morgan fingerprint density at radius 1 is 1.23 bits per heavy atom. The number of hydrogen-bond acceptors (Lipinski definition) is 3. The fourth-order valence-electron chi connectivity index (χ4n) is 3.41. The number of rotatable bonds is 7. The molecule has 1 fully saturated rings. The normalized spacial score (nSPS) is 18.0. The van der Waals surface area contributed by atoms with Crippen molar-refractivity contribution in [2.45, 2.75) is 44.6 Å². The molecule has 1 heterocycles. The summed E-state index contributed by atoms with van der Waals surface area (Å²) in [5.41, 5.74) is 0.683. The average molecular weight is 368 g/mol. The van der Waals surface area contributed by atoms with E-state index in [0.717, 1.165) is 25.3 Å². The molecule has 0 spiro atoms. The van der Waals surface area contributed by atoms with Gasteiger partial charge in [-0.1, -0.05) is 6.07 Å². The van der Waals surface area contributed by atoms with Crippen LogP contribution < -0.4 is 0 Å². The molecule has 0 aromatic heterocycles. The van der Waals surface area contributed by atoms with E-state index in [0.29, 0.717) is 37.9 Å². The van der Waals surface area contributed by atoms with E-state index in [9.17, 15) is 18.4 Å². The van der Waals surface area contributed by atoms with Crippen LogP contribution in [0.5, 0.6) is 0 Å². The van der Waals surface area contributed by atoms with Crippen LogP contribution in [0.4, 0.5) is 8.78 Å². The molecular weight excluding hydrogens is 342 g/mol. The van der Waals surface area contributed by atoms with Crippen molar-refractivity contribution in [1.29, 1.82) is 0 Å². The van der Waals surface area contributed by atoms with Gasteiger partial charge in [-0.05, 0) is 56.8 Å². The SMILES string of the molecule is CN(CC(=O)O)C1CCCN(C(=O)CCCc2ccc(F)c(F)c2)CC1. The van der Waals surface area contributed by atoms with Crippen LogP contribution in [0, 0.1) is 11.6 Å². The van der Waals surface area contributed by atoms with Crippen molar-refractivity contribution in [2.24, 2.45) is 0 Å². The largest absolute Gasteiger partial charge is 0.480 e. The zero-order valence-corrected chi connectivity index (χ0v) is 15.1. The lowest BCUT2D eigenvalue weighted by atomic mass is 10.1. The van der Waals surface area contributed by atoms with Crippen molar-refractivity contribution in [3.05, 3.63) is 35.4 Å². The third-order valence-corrected chi connectivity index (χ3v) is 4.90. The number of nitrogens with zero attached hydrogens (tertiary/aromatic N) is 2. The topological polar surface area (TPSA) is 60.9 Å². The molecule has 1 aromatic carbocycles. The Kier molecular flexibility index (Phi) is 7.50. The number of aryl methyl sites for hydroxylation is 1. The summed E-state index contributed by atoms with van der Waals surface area (Å²) in [6, 6.07) is 3.99. The first kappa shape index (κ1) is 20.3. The minimum Gasteiger partial charge on any atom is -0.480 e. The molecule has 7 heteroatoms. The van der Waals surface area contributed by atoms with Gasteiger partial charge in [0, 0.05) is 25.6 Å². The first-order valence-electron chi connectivity index (χ1n) is 9.00. The molecule has 2 rings (SSSR count). The molecule has 0 bridgehead atoms. The van der Waals surface area contributed by atoms with E-state index in [1.54, 1.807) is 7.05 Å². The number of likely N-dealkylation sites (tertiary alicyclic amines) is 1. The van der Waals surface area contributed by atoms with Gasteiger partial charge in [-0.25, -0.2) is 8.78 Å². The minimum absolute atomic E-state index is 0.00679. The Morgan fingerprint density at radius 2 is 2.00 bits per heavy atom. The summed E-state index contributed by atoms with van der Waals surface area (Å²) >= 11 is 0. The van der Waals surface area contributed by atoms with Gasteiger partial charge >= 0.3 is 5.97 Å². The second-order valence-electron chi connectivity index (χ2n) is 6.88. The lowest BCUT2D eigenvalue weighted by molar-refractivity contribution is -0.138. The monoisotopic (exact) mass is 368 g/mol. The van der Waals surface area contributed by atoms with Gasteiger partial charge in [0.25, 0.3) is 0 Å². The summed E-state index contributed by atoms with van der Waals surface area (Å²) in [6.07, 6.45) is 3.97. The minimum atomic E-state index is -0.864. The molecule has 1 atom stereocenters. The number of carbonyl (C=O) groups is 2. The third-order valence-electron chi connectivity index (χ3n) is 4.90. The average Bonchev–Trinajstić information content (AvgIpc) is 2.83. The summed E-state index contributed by atoms with van der Waals surface area (Å²) in [5.74, 6) is -2.51. The second-order valence-corrected chi connectivity index (χ2v) is 6.88. The van der Waals surface area contributed by atoms with E-state index in [2.05, 4.69) is 0 Å². The highest BCUT2D eigenvalue weighted by atomic mass is 19.2. The van der Waals surface area contributed by atoms with Crippen LogP contribution in [-0.2, 0) is 16.0 Å². The molecule has 1 unspecified atom stereocenters. The quantitative estimate of drug-likeness (QED) is 0.804. The predicted octanol–water partition coefficient (Wildman–Crippen LogP) is 2.69. The van der Waals surface area contributed by atoms with Crippen LogP contribution in [-0.4, -0.2) is 59.5 Å². The molecule has 0 saturated carbocycles. The molecule has 5 nitrogen and oxygen atoms in total. The molecule has 1 amide bonds. The summed E-state index contributed by atoms with van der Waals surface area (Å²) in [5, 5.41) is 8.90. The number of likely N-dealkylation sites (N-methyl/N-ethyl adjacent to an activating group) is 1. The van der Waals surface area contributed by atoms with Gasteiger partial charge < -0.3 is 10.0 Å². The van der Waals surface area contributed by atoms with Crippen molar-refractivity contribution < 1.29 is 23.5 Å². The lowest BCUT2D eigenvalue weighted by Crippen LogP contribution is -2.37. The van der Waals surface area contributed by atoms with Gasteiger partial charge in [0.05, 0.1) is 6.54 Å². The van der Waals surface area contributed by atoms with Crippen LogP contribution in [0.25, 0.3) is 0 Å². The fraction of sp³-hybridized carbons (Fsp3) is 0.579. The lowest BCUT2D eigenvalue weighted by Gasteiger charge is -2.25. The van der Waals surface area contributed by atoms with E-state index >= 15 is 0 Å². The molecule has 1 aliphatic heterocycles. The Bertz CT molecular complexity index is 639. The number of amides is 1. The first-order chi connectivity index (χ1) is 12.4. The zero-order valence-electron chi connectivity index (χ0n) is 15.1. The molecule has 0 radical (unpaired) electrons. The number of halogens is 2. The van der Waals surface area contributed by atoms with E-state index in [-0.39, 0.29) is 18.5 Å². The zero-order chi connectivity index (χ0) is 19.1. The second kappa shape index (κ2) is 9.62. The van der Waals surface area contributed by atoms with Crippen molar-refractivity contribution in [1.82, 2.24) is 9.80 Å². The van der Waals surface area contributed by atoms with E-state index in [1.807, 2.05) is 9.80 Å². The van der Waals surface area contributed by atoms with Crippen molar-refractivity contribution >= 4 is 11.9 Å². The highest BCUT2D eigenvalue weighted by Crippen LogP contribution is 2.17. The Hall–Kier alpha value is -2.02. The van der Waals surface area contributed by atoms with Crippen molar-refractivity contribution in [3.63, 3.8) is 0 Å². The maximum Gasteiger partial charge on any atom is 0.317 e. The van der Waals surface area contributed by atoms with Crippen LogP contribution in [0.3, 0.4) is 0 Å². The maximum atomic E-state index is 13.2. The van der Waals surface area contributed by atoms with Crippen LogP contribution >= 0.6 is 0 Å². The molecule has 144 valence electrons. The van der Waals surface area contributed by atoms with Gasteiger partial charge in [-0.3, -0.25) is 14.5 Å². The molecule has 1 N–H and O–H groups in total. The molecular formula is C19H26F2N2O3. The first-order valence-corrected chi connectivity index (χ1v) is 9.00. The maximum absolute atomic E-state index is 13.2. The van der Waals surface area contributed by atoms with E-state index in [1.165, 1.54) is 12.1 Å². The van der Waals surface area contributed by atoms with Crippen molar-refractivity contribution in [2.75, 3.05) is 26.7 Å². The smallest absolute Gasteiger partial charge is 0.317 e. The van der Waals surface area contributed by atoms with Gasteiger partial charge in [0.2, 0.25) is 5.91 Å². The van der Waals surface area contributed by atoms with Gasteiger partial charge in [-0.15, -0.1) is 0 Å². The van der Waals surface area contributed by atoms with Crippen LogP contribution in [0.2, 0.25) is 0 Å². The summed E-state index contributed by atoms with van der Waals surface area (Å²) in [6.45, 7) is 1.31. The molecule has 26 heavy (non-hydrogen) atoms. The Labute approximate surface area is 152 Å². The number of carboxylic acids is 1. The molecule has 1 saturated heterocycles. The highest BCUT2D eigenvalue weighted by Gasteiger charge is 2.23. The highest BCUT2D eigenvalue weighted by molar-refractivity contribution is 5.76.